The molecule has 0 fully saturated rings. The molecule has 0 atom stereocenters. The SMILES string of the molecule is COc1csc(-c2cc(C)c(OC)c(C)c2)n1. The molecular weight excluding hydrogens is 234 g/mol. The van der Waals surface area contributed by atoms with Gasteiger partial charge in [-0.05, 0) is 37.1 Å². The predicted octanol–water partition coefficient (Wildman–Crippen LogP) is 3.44. The van der Waals surface area contributed by atoms with Gasteiger partial charge in [0.25, 0.3) is 0 Å². The predicted molar refractivity (Wildman–Crippen MR) is 70.1 cm³/mol. The zero-order chi connectivity index (χ0) is 12.4. The molecule has 0 bridgehead atoms. The van der Waals surface area contributed by atoms with E-state index in [2.05, 4.69) is 17.1 Å². The maximum absolute atomic E-state index is 5.35. The van der Waals surface area contributed by atoms with Gasteiger partial charge in [0.1, 0.15) is 10.8 Å². The van der Waals surface area contributed by atoms with Crippen LogP contribution in [0.4, 0.5) is 0 Å². The Kier molecular flexibility index (Phi) is 3.33. The standard InChI is InChI=1S/C13H15NO2S/c1-8-5-10(6-9(2)12(8)16-4)13-14-11(15-3)7-17-13/h5-7H,1-4H3. The fraction of sp³-hybridized carbons (Fsp3) is 0.308. The van der Waals surface area contributed by atoms with Crippen LogP contribution >= 0.6 is 11.3 Å². The molecule has 17 heavy (non-hydrogen) atoms. The van der Waals surface area contributed by atoms with E-state index in [1.807, 2.05) is 19.2 Å². The summed E-state index contributed by atoms with van der Waals surface area (Å²) in [5, 5.41) is 2.88. The van der Waals surface area contributed by atoms with Crippen molar-refractivity contribution in [1.82, 2.24) is 4.98 Å². The lowest BCUT2D eigenvalue weighted by atomic mass is 10.1. The highest BCUT2D eigenvalue weighted by Crippen LogP contribution is 2.32. The smallest absolute Gasteiger partial charge is 0.224 e. The van der Waals surface area contributed by atoms with Crippen molar-refractivity contribution < 1.29 is 9.47 Å². The summed E-state index contributed by atoms with van der Waals surface area (Å²) in [6.45, 7) is 4.08. The maximum atomic E-state index is 5.35. The molecule has 0 aliphatic heterocycles. The van der Waals surface area contributed by atoms with Gasteiger partial charge in [-0.15, -0.1) is 11.3 Å². The number of thiazole rings is 1. The Morgan fingerprint density at radius 1 is 1.06 bits per heavy atom. The molecule has 0 aliphatic carbocycles. The zero-order valence-corrected chi connectivity index (χ0v) is 11.2. The van der Waals surface area contributed by atoms with Crippen molar-refractivity contribution in [1.29, 1.82) is 0 Å². The van der Waals surface area contributed by atoms with E-state index in [0.717, 1.165) is 27.4 Å². The summed E-state index contributed by atoms with van der Waals surface area (Å²) >= 11 is 1.58. The Hall–Kier alpha value is -1.55. The Morgan fingerprint density at radius 2 is 1.71 bits per heavy atom. The molecule has 0 saturated carbocycles. The minimum atomic E-state index is 0.663. The molecule has 4 heteroatoms. The van der Waals surface area contributed by atoms with Gasteiger partial charge in [0.15, 0.2) is 0 Å². The number of benzene rings is 1. The quantitative estimate of drug-likeness (QED) is 0.835. The fourth-order valence-corrected chi connectivity index (χ4v) is 2.64. The normalized spacial score (nSPS) is 10.4. The molecule has 1 aromatic heterocycles. The first-order valence-corrected chi connectivity index (χ1v) is 6.18. The molecule has 1 heterocycles. The Balaban J connectivity index is 2.46. The van der Waals surface area contributed by atoms with Crippen LogP contribution in [-0.2, 0) is 0 Å². The van der Waals surface area contributed by atoms with Crippen LogP contribution in [0.1, 0.15) is 11.1 Å². The average Bonchev–Trinajstić information content (AvgIpc) is 2.77. The third kappa shape index (κ3) is 2.26. The molecule has 2 rings (SSSR count). The van der Waals surface area contributed by atoms with E-state index in [0.29, 0.717) is 5.88 Å². The molecule has 0 unspecified atom stereocenters. The highest BCUT2D eigenvalue weighted by Gasteiger charge is 2.09. The first kappa shape index (κ1) is 11.9. The Morgan fingerprint density at radius 3 is 2.18 bits per heavy atom. The van der Waals surface area contributed by atoms with E-state index in [-0.39, 0.29) is 0 Å². The first-order chi connectivity index (χ1) is 8.15. The van der Waals surface area contributed by atoms with Gasteiger partial charge in [-0.3, -0.25) is 0 Å². The van der Waals surface area contributed by atoms with Crippen molar-refractivity contribution in [2.75, 3.05) is 14.2 Å². The first-order valence-electron chi connectivity index (χ1n) is 5.31. The van der Waals surface area contributed by atoms with Crippen molar-refractivity contribution >= 4 is 11.3 Å². The van der Waals surface area contributed by atoms with Crippen LogP contribution in [0.25, 0.3) is 10.6 Å². The third-order valence-corrected chi connectivity index (χ3v) is 3.47. The molecular formula is C13H15NO2S. The van der Waals surface area contributed by atoms with Crippen molar-refractivity contribution in [2.45, 2.75) is 13.8 Å². The van der Waals surface area contributed by atoms with E-state index < -0.39 is 0 Å². The maximum Gasteiger partial charge on any atom is 0.224 e. The topological polar surface area (TPSA) is 31.4 Å². The lowest BCUT2D eigenvalue weighted by Crippen LogP contribution is -1.92. The number of aryl methyl sites for hydroxylation is 2. The van der Waals surface area contributed by atoms with Crippen molar-refractivity contribution in [2.24, 2.45) is 0 Å². The van der Waals surface area contributed by atoms with Crippen LogP contribution in [0.15, 0.2) is 17.5 Å². The highest BCUT2D eigenvalue weighted by molar-refractivity contribution is 7.13. The van der Waals surface area contributed by atoms with Gasteiger partial charge in [0.2, 0.25) is 5.88 Å². The van der Waals surface area contributed by atoms with Crippen LogP contribution in [0, 0.1) is 13.8 Å². The van der Waals surface area contributed by atoms with Crippen LogP contribution in [0.5, 0.6) is 11.6 Å². The van der Waals surface area contributed by atoms with Gasteiger partial charge in [0, 0.05) is 5.56 Å². The van der Waals surface area contributed by atoms with Crippen molar-refractivity contribution in [3.8, 4) is 22.2 Å². The molecule has 0 spiro atoms. The largest absolute Gasteiger partial charge is 0.496 e. The summed E-state index contributed by atoms with van der Waals surface area (Å²) in [5.74, 6) is 1.60. The second kappa shape index (κ2) is 4.75. The lowest BCUT2D eigenvalue weighted by molar-refractivity contribution is 0.401. The number of hydrogen-bond acceptors (Lipinski definition) is 4. The van der Waals surface area contributed by atoms with Gasteiger partial charge in [-0.2, -0.15) is 0 Å². The Labute approximate surface area is 105 Å². The number of ether oxygens (including phenoxy) is 2. The Bertz CT molecular complexity index is 511. The molecule has 3 nitrogen and oxygen atoms in total. The molecule has 90 valence electrons. The fourth-order valence-electron chi connectivity index (χ4n) is 1.88. The highest BCUT2D eigenvalue weighted by atomic mass is 32.1. The van der Waals surface area contributed by atoms with Crippen LogP contribution in [0.3, 0.4) is 0 Å². The molecule has 0 amide bonds. The number of nitrogens with zero attached hydrogens (tertiary/aromatic N) is 1. The van der Waals surface area contributed by atoms with E-state index in [1.165, 1.54) is 0 Å². The summed E-state index contributed by atoms with van der Waals surface area (Å²) in [4.78, 5) is 4.39. The second-order valence-electron chi connectivity index (χ2n) is 3.84. The van der Waals surface area contributed by atoms with E-state index in [4.69, 9.17) is 9.47 Å². The van der Waals surface area contributed by atoms with E-state index in [9.17, 15) is 0 Å². The number of hydrogen-bond donors (Lipinski definition) is 0. The van der Waals surface area contributed by atoms with Gasteiger partial charge in [0.05, 0.1) is 19.6 Å². The minimum absolute atomic E-state index is 0.663. The van der Waals surface area contributed by atoms with Gasteiger partial charge in [-0.1, -0.05) is 0 Å². The number of methoxy groups -OCH3 is 2. The molecule has 0 radical (unpaired) electrons. The van der Waals surface area contributed by atoms with Gasteiger partial charge < -0.3 is 9.47 Å². The summed E-state index contributed by atoms with van der Waals surface area (Å²) < 4.78 is 10.4. The molecule has 0 saturated heterocycles. The lowest BCUT2D eigenvalue weighted by Gasteiger charge is -2.09. The number of rotatable bonds is 3. The molecule has 2 aromatic rings. The third-order valence-electron chi connectivity index (χ3n) is 2.60. The monoisotopic (exact) mass is 249 g/mol. The number of aromatic nitrogens is 1. The summed E-state index contributed by atoms with van der Waals surface area (Å²) in [6, 6.07) is 4.17. The molecule has 0 N–H and O–H groups in total. The second-order valence-corrected chi connectivity index (χ2v) is 4.70. The van der Waals surface area contributed by atoms with Gasteiger partial charge in [-0.25, -0.2) is 4.98 Å². The van der Waals surface area contributed by atoms with Crippen LogP contribution < -0.4 is 9.47 Å². The molecule has 1 aromatic carbocycles. The molecule has 0 aliphatic rings. The zero-order valence-electron chi connectivity index (χ0n) is 10.4. The summed E-state index contributed by atoms with van der Waals surface area (Å²) in [7, 11) is 3.32. The van der Waals surface area contributed by atoms with E-state index in [1.54, 1.807) is 25.6 Å². The van der Waals surface area contributed by atoms with E-state index >= 15 is 0 Å². The van der Waals surface area contributed by atoms with Crippen LogP contribution in [0.2, 0.25) is 0 Å². The minimum Gasteiger partial charge on any atom is -0.496 e. The van der Waals surface area contributed by atoms with Gasteiger partial charge >= 0.3 is 0 Å². The summed E-state index contributed by atoms with van der Waals surface area (Å²) in [6.07, 6.45) is 0. The average molecular weight is 249 g/mol. The van der Waals surface area contributed by atoms with Crippen molar-refractivity contribution in [3.05, 3.63) is 28.6 Å². The van der Waals surface area contributed by atoms with Crippen molar-refractivity contribution in [3.63, 3.8) is 0 Å². The van der Waals surface area contributed by atoms with Crippen LogP contribution in [-0.4, -0.2) is 19.2 Å². The summed E-state index contributed by atoms with van der Waals surface area (Å²) in [5.41, 5.74) is 3.35.